The van der Waals surface area contributed by atoms with Crippen LogP contribution in [0.2, 0.25) is 0 Å². The van der Waals surface area contributed by atoms with Crippen LogP contribution in [0.5, 0.6) is 0 Å². The second kappa shape index (κ2) is 7.72. The summed E-state index contributed by atoms with van der Waals surface area (Å²) in [5.74, 6) is 0.468. The molecule has 3 aromatic carbocycles. The number of aromatic amines is 2. The van der Waals surface area contributed by atoms with Crippen LogP contribution in [0.1, 0.15) is 35.4 Å². The minimum absolute atomic E-state index is 0.140. The number of carbonyl (C=O) groups is 1. The number of nitrogens with one attached hydrogen (secondary N) is 3. The van der Waals surface area contributed by atoms with Crippen molar-refractivity contribution in [3.05, 3.63) is 102 Å². The molecule has 3 N–H and O–H groups in total. The van der Waals surface area contributed by atoms with Crippen molar-refractivity contribution in [3.63, 3.8) is 0 Å². The first-order valence-corrected chi connectivity index (χ1v) is 11.3. The normalized spacial score (nSPS) is 13.8. The molecule has 4 nitrogen and oxygen atoms in total. The Hall–Kier alpha value is -3.79. The van der Waals surface area contributed by atoms with Crippen molar-refractivity contribution in [3.8, 4) is 0 Å². The van der Waals surface area contributed by atoms with Crippen molar-refractivity contribution in [2.24, 2.45) is 5.92 Å². The van der Waals surface area contributed by atoms with Crippen LogP contribution in [-0.4, -0.2) is 15.9 Å². The molecule has 0 spiro atoms. The number of anilines is 1. The van der Waals surface area contributed by atoms with Gasteiger partial charge in [-0.25, -0.2) is 0 Å². The average Bonchev–Trinajstić information content (AvgIpc) is 3.47. The van der Waals surface area contributed by atoms with Gasteiger partial charge in [-0.1, -0.05) is 54.6 Å². The first kappa shape index (κ1) is 18.9. The van der Waals surface area contributed by atoms with E-state index in [9.17, 15) is 4.79 Å². The Labute approximate surface area is 186 Å². The Morgan fingerprint density at radius 2 is 1.38 bits per heavy atom. The highest BCUT2D eigenvalue weighted by Crippen LogP contribution is 2.38. The number of benzene rings is 3. The van der Waals surface area contributed by atoms with Gasteiger partial charge in [-0.2, -0.15) is 0 Å². The molecule has 2 heterocycles. The molecule has 0 unspecified atom stereocenters. The van der Waals surface area contributed by atoms with Crippen molar-refractivity contribution >= 4 is 33.4 Å². The second-order valence-electron chi connectivity index (χ2n) is 8.76. The molecule has 6 rings (SSSR count). The third-order valence-corrected chi connectivity index (χ3v) is 6.64. The minimum atomic E-state index is 0.140. The monoisotopic (exact) mass is 419 g/mol. The van der Waals surface area contributed by atoms with Gasteiger partial charge in [-0.05, 0) is 54.2 Å². The van der Waals surface area contributed by atoms with E-state index in [1.165, 1.54) is 21.9 Å². The van der Waals surface area contributed by atoms with Gasteiger partial charge < -0.3 is 15.3 Å². The molecule has 1 amide bonds. The Morgan fingerprint density at radius 3 is 2.00 bits per heavy atom. The summed E-state index contributed by atoms with van der Waals surface area (Å²) < 4.78 is 0. The van der Waals surface area contributed by atoms with Crippen molar-refractivity contribution < 1.29 is 4.79 Å². The largest absolute Gasteiger partial charge is 0.361 e. The molecule has 0 radical (unpaired) electrons. The number of carbonyl (C=O) groups excluding carboxylic acids is 1. The van der Waals surface area contributed by atoms with E-state index in [-0.39, 0.29) is 17.7 Å². The number of hydrogen-bond acceptors (Lipinski definition) is 1. The van der Waals surface area contributed by atoms with Gasteiger partial charge in [0, 0.05) is 51.7 Å². The number of para-hydroxylation sites is 3. The molecule has 1 aliphatic rings. The van der Waals surface area contributed by atoms with Crippen molar-refractivity contribution in [1.82, 2.24) is 9.97 Å². The van der Waals surface area contributed by atoms with Gasteiger partial charge in [0.1, 0.15) is 0 Å². The van der Waals surface area contributed by atoms with Gasteiger partial charge in [0.05, 0.1) is 0 Å². The summed E-state index contributed by atoms with van der Waals surface area (Å²) in [6.07, 6.45) is 7.08. The number of aromatic nitrogens is 2. The van der Waals surface area contributed by atoms with Gasteiger partial charge in [-0.3, -0.25) is 4.79 Å². The van der Waals surface area contributed by atoms with Crippen LogP contribution in [0.15, 0.2) is 85.2 Å². The molecular formula is C28H25N3O. The van der Waals surface area contributed by atoms with E-state index in [4.69, 9.17) is 0 Å². The molecule has 5 aromatic rings. The van der Waals surface area contributed by atoms with Gasteiger partial charge in [-0.15, -0.1) is 0 Å². The lowest BCUT2D eigenvalue weighted by molar-refractivity contribution is -0.117. The Kier molecular flexibility index (Phi) is 4.57. The van der Waals surface area contributed by atoms with Crippen LogP contribution < -0.4 is 5.32 Å². The molecule has 1 fully saturated rings. The predicted octanol–water partition coefficient (Wildman–Crippen LogP) is 6.37. The zero-order valence-corrected chi connectivity index (χ0v) is 17.8. The Bertz CT molecular complexity index is 1350. The zero-order chi connectivity index (χ0) is 21.5. The molecule has 1 aliphatic carbocycles. The number of rotatable bonds is 6. The lowest BCUT2D eigenvalue weighted by atomic mass is 9.85. The van der Waals surface area contributed by atoms with Gasteiger partial charge in [0.2, 0.25) is 5.91 Å². The number of hydrogen-bond donors (Lipinski definition) is 3. The summed E-state index contributed by atoms with van der Waals surface area (Å²) in [4.78, 5) is 19.4. The van der Waals surface area contributed by atoms with Crippen LogP contribution in [-0.2, 0) is 11.2 Å². The molecule has 0 bridgehead atoms. The van der Waals surface area contributed by atoms with Gasteiger partial charge >= 0.3 is 0 Å². The first-order chi connectivity index (χ1) is 15.8. The summed E-state index contributed by atoms with van der Waals surface area (Å²) in [5, 5.41) is 5.66. The molecule has 0 aliphatic heterocycles. The highest BCUT2D eigenvalue weighted by molar-refractivity contribution is 5.95. The maximum atomic E-state index is 12.5. The molecule has 158 valence electrons. The van der Waals surface area contributed by atoms with Crippen LogP contribution in [0.4, 0.5) is 5.69 Å². The minimum Gasteiger partial charge on any atom is -0.361 e. The third-order valence-electron chi connectivity index (χ3n) is 6.64. The lowest BCUT2D eigenvalue weighted by Gasteiger charge is -2.19. The van der Waals surface area contributed by atoms with E-state index >= 15 is 0 Å². The fourth-order valence-corrected chi connectivity index (χ4v) is 4.77. The van der Waals surface area contributed by atoms with E-state index < -0.39 is 0 Å². The van der Waals surface area contributed by atoms with E-state index in [0.29, 0.717) is 0 Å². The standard InChI is InChI=1S/C28H25N3O/c32-28(18-13-14-18)31-25-10-4-1-7-19(25)15-22(23-16-29-26-11-5-2-8-20(23)26)24-17-30-27-12-6-3-9-21(24)27/h1-12,16-18,22,29-30H,13-15H2,(H,31,32). The summed E-state index contributed by atoms with van der Waals surface area (Å²) in [6.45, 7) is 0. The van der Waals surface area contributed by atoms with Crippen LogP contribution in [0, 0.1) is 5.92 Å². The molecule has 1 saturated carbocycles. The summed E-state index contributed by atoms with van der Waals surface area (Å²) in [5.41, 5.74) is 6.91. The highest BCUT2D eigenvalue weighted by atomic mass is 16.2. The summed E-state index contributed by atoms with van der Waals surface area (Å²) >= 11 is 0. The lowest BCUT2D eigenvalue weighted by Crippen LogP contribution is -2.15. The maximum Gasteiger partial charge on any atom is 0.227 e. The Balaban J connectivity index is 1.46. The topological polar surface area (TPSA) is 60.7 Å². The van der Waals surface area contributed by atoms with Crippen LogP contribution in [0.3, 0.4) is 0 Å². The third kappa shape index (κ3) is 3.38. The molecule has 2 aromatic heterocycles. The van der Waals surface area contributed by atoms with Crippen molar-refractivity contribution in [1.29, 1.82) is 0 Å². The maximum absolute atomic E-state index is 12.5. The molecule has 32 heavy (non-hydrogen) atoms. The summed E-state index contributed by atoms with van der Waals surface area (Å²) in [6, 6.07) is 25.1. The van der Waals surface area contributed by atoms with Gasteiger partial charge in [0.15, 0.2) is 0 Å². The van der Waals surface area contributed by atoms with Crippen molar-refractivity contribution in [2.75, 3.05) is 5.32 Å². The zero-order valence-electron chi connectivity index (χ0n) is 17.8. The highest BCUT2D eigenvalue weighted by Gasteiger charge is 2.30. The summed E-state index contributed by atoms with van der Waals surface area (Å²) in [7, 11) is 0. The fraction of sp³-hybridized carbons (Fsp3) is 0.179. The van der Waals surface area contributed by atoms with Crippen molar-refractivity contribution in [2.45, 2.75) is 25.2 Å². The molecular weight excluding hydrogens is 394 g/mol. The van der Waals surface area contributed by atoms with E-state index in [1.54, 1.807) is 0 Å². The fourth-order valence-electron chi connectivity index (χ4n) is 4.77. The number of amides is 1. The number of fused-ring (bicyclic) bond motifs is 2. The van der Waals surface area contributed by atoms with E-state index in [2.05, 4.69) is 88.3 Å². The molecule has 4 heteroatoms. The smallest absolute Gasteiger partial charge is 0.227 e. The average molecular weight is 420 g/mol. The quantitative estimate of drug-likeness (QED) is 0.294. The second-order valence-corrected chi connectivity index (χ2v) is 8.76. The van der Waals surface area contributed by atoms with Crippen LogP contribution >= 0.6 is 0 Å². The predicted molar refractivity (Wildman–Crippen MR) is 130 cm³/mol. The Morgan fingerprint density at radius 1 is 0.812 bits per heavy atom. The van der Waals surface area contributed by atoms with Crippen LogP contribution in [0.25, 0.3) is 21.8 Å². The SMILES string of the molecule is O=C(Nc1ccccc1CC(c1c[nH]c2ccccc12)c1c[nH]c2ccccc12)C1CC1. The first-order valence-electron chi connectivity index (χ1n) is 11.3. The molecule has 0 atom stereocenters. The van der Waals surface area contributed by atoms with E-state index in [1.807, 2.05) is 12.1 Å². The van der Waals surface area contributed by atoms with Gasteiger partial charge in [0.25, 0.3) is 0 Å². The molecule has 0 saturated heterocycles. The number of H-pyrrole nitrogens is 2. The van der Waals surface area contributed by atoms with E-state index in [0.717, 1.165) is 41.5 Å².